The molecule has 2 nitrogen and oxygen atoms in total. The molecular formula is C68H52N2. The standard InChI is InChI=1S/C68H52N2/c1-65(2)53-23-15-13-19-43(53)49-31-57-51(33-55(49)65)61-45-21-11-9-17-41(45)47(29-59(61)67(57,5)6)39-27-37-25-26-38-28-40(36-70-64(38)63(37)69-35-39)48-30-60-62(46-22-12-10-18-42(46)48)52-34-56-50(32-58(52)68(60,7)8)44-20-14-16-24-54(44)66(56,3)4/h9-36H,1-8H3. The number of rotatable bonds is 2. The van der Waals surface area contributed by atoms with Crippen molar-refractivity contribution in [2.45, 2.75) is 77.0 Å². The minimum atomic E-state index is -0.184. The van der Waals surface area contributed by atoms with Crippen molar-refractivity contribution in [2.75, 3.05) is 0 Å². The highest BCUT2D eigenvalue weighted by molar-refractivity contribution is 6.13. The van der Waals surface area contributed by atoms with Gasteiger partial charge in [-0.25, -0.2) is 0 Å². The van der Waals surface area contributed by atoms with Gasteiger partial charge < -0.3 is 0 Å². The molecule has 2 heteroatoms. The molecular weight excluding hydrogens is 845 g/mol. The van der Waals surface area contributed by atoms with Gasteiger partial charge in [0.1, 0.15) is 0 Å². The summed E-state index contributed by atoms with van der Waals surface area (Å²) >= 11 is 0. The Morgan fingerprint density at radius 2 is 0.600 bits per heavy atom. The third-order valence-electron chi connectivity index (χ3n) is 17.9. The van der Waals surface area contributed by atoms with E-state index in [1.54, 1.807) is 0 Å². The monoisotopic (exact) mass is 896 g/mol. The van der Waals surface area contributed by atoms with Gasteiger partial charge in [-0.05, 0) is 170 Å². The van der Waals surface area contributed by atoms with Crippen LogP contribution in [0.15, 0.2) is 170 Å². The van der Waals surface area contributed by atoms with Crippen LogP contribution in [0.2, 0.25) is 0 Å². The number of nitrogens with zero attached hydrogens (tertiary/aromatic N) is 2. The third-order valence-corrected chi connectivity index (χ3v) is 17.9. The highest BCUT2D eigenvalue weighted by Gasteiger charge is 2.44. The van der Waals surface area contributed by atoms with Crippen LogP contribution < -0.4 is 0 Å². The van der Waals surface area contributed by atoms with E-state index in [2.05, 4.69) is 226 Å². The molecule has 0 amide bonds. The fraction of sp³-hybridized carbons (Fsp3) is 0.176. The van der Waals surface area contributed by atoms with Crippen molar-refractivity contribution in [2.24, 2.45) is 0 Å². The SMILES string of the molecule is CC1(C)c2ccccc2-c2cc3c(cc21)-c1c(cc(-c2cnc4c(ccc5cc(-c6cc7c(c8ccccc68)-c6cc8c(cc6C7(C)C)-c6ccccc6C8(C)C)cnc54)c2)c2ccccc12)C3(C)C. The lowest BCUT2D eigenvalue weighted by Crippen LogP contribution is -2.17. The quantitative estimate of drug-likeness (QED) is 0.162. The molecule has 9 aromatic carbocycles. The maximum atomic E-state index is 5.27. The first-order valence-electron chi connectivity index (χ1n) is 25.1. The molecule has 2 heterocycles. The summed E-state index contributed by atoms with van der Waals surface area (Å²) in [6.07, 6.45) is 4.16. The van der Waals surface area contributed by atoms with E-state index in [0.29, 0.717) is 0 Å². The average Bonchev–Trinajstić information content (AvgIpc) is 3.93. The molecule has 0 radical (unpaired) electrons. The number of benzene rings is 9. The van der Waals surface area contributed by atoms with Gasteiger partial charge in [-0.3, -0.25) is 9.97 Å². The number of aromatic nitrogens is 2. The van der Waals surface area contributed by atoms with Crippen LogP contribution in [0.3, 0.4) is 0 Å². The summed E-state index contributed by atoms with van der Waals surface area (Å²) in [5.41, 5.74) is 28.3. The van der Waals surface area contributed by atoms with E-state index in [1.807, 2.05) is 0 Å². The van der Waals surface area contributed by atoms with E-state index >= 15 is 0 Å². The summed E-state index contributed by atoms with van der Waals surface area (Å²) in [7, 11) is 0. The van der Waals surface area contributed by atoms with Gasteiger partial charge in [0.15, 0.2) is 0 Å². The van der Waals surface area contributed by atoms with Gasteiger partial charge in [0.25, 0.3) is 0 Å². The smallest absolute Gasteiger partial charge is 0.0965 e. The van der Waals surface area contributed by atoms with Crippen molar-refractivity contribution >= 4 is 43.4 Å². The molecule has 0 fully saturated rings. The molecule has 0 N–H and O–H groups in total. The van der Waals surface area contributed by atoms with Crippen LogP contribution in [-0.2, 0) is 21.7 Å². The zero-order chi connectivity index (χ0) is 47.4. The zero-order valence-corrected chi connectivity index (χ0v) is 41.1. The Morgan fingerprint density at radius 3 is 1.03 bits per heavy atom. The maximum absolute atomic E-state index is 5.27. The van der Waals surface area contributed by atoms with Crippen molar-refractivity contribution in [3.05, 3.63) is 215 Å². The van der Waals surface area contributed by atoms with Crippen molar-refractivity contribution < 1.29 is 0 Å². The van der Waals surface area contributed by atoms with Crippen molar-refractivity contribution in [1.29, 1.82) is 0 Å². The van der Waals surface area contributed by atoms with E-state index in [9.17, 15) is 0 Å². The third kappa shape index (κ3) is 4.94. The lowest BCUT2D eigenvalue weighted by molar-refractivity contribution is 0.652. The molecule has 0 bridgehead atoms. The Labute approximate surface area is 409 Å². The van der Waals surface area contributed by atoms with E-state index in [1.165, 1.54) is 122 Å². The predicted octanol–water partition coefficient (Wildman–Crippen LogP) is 17.6. The second-order valence-corrected chi connectivity index (χ2v) is 22.9. The number of pyridine rings is 2. The van der Waals surface area contributed by atoms with E-state index in [4.69, 9.17) is 9.97 Å². The highest BCUT2D eigenvalue weighted by atomic mass is 14.7. The van der Waals surface area contributed by atoms with Crippen LogP contribution in [0.5, 0.6) is 0 Å². The first-order valence-corrected chi connectivity index (χ1v) is 25.1. The van der Waals surface area contributed by atoms with Crippen LogP contribution in [0.1, 0.15) is 99.9 Å². The lowest BCUT2D eigenvalue weighted by Gasteiger charge is -2.24. The molecule has 70 heavy (non-hydrogen) atoms. The average molecular weight is 897 g/mol. The summed E-state index contributed by atoms with van der Waals surface area (Å²) in [5, 5.41) is 7.29. The van der Waals surface area contributed by atoms with Gasteiger partial charge in [0.2, 0.25) is 0 Å². The summed E-state index contributed by atoms with van der Waals surface area (Å²) in [6, 6.07) is 60.2. The van der Waals surface area contributed by atoms with Gasteiger partial charge in [0, 0.05) is 56.0 Å². The Hall–Kier alpha value is -7.68. The molecule has 2 aromatic heterocycles. The molecule has 0 unspecified atom stereocenters. The first kappa shape index (κ1) is 40.2. The summed E-state index contributed by atoms with van der Waals surface area (Å²) < 4.78 is 0. The van der Waals surface area contributed by atoms with Crippen molar-refractivity contribution in [3.8, 4) is 66.8 Å². The van der Waals surface area contributed by atoms with Crippen LogP contribution in [0.25, 0.3) is 110 Å². The van der Waals surface area contributed by atoms with Crippen LogP contribution in [-0.4, -0.2) is 9.97 Å². The highest BCUT2D eigenvalue weighted by Crippen LogP contribution is 2.60. The molecule has 0 aliphatic heterocycles. The molecule has 0 saturated carbocycles. The fourth-order valence-electron chi connectivity index (χ4n) is 14.1. The van der Waals surface area contributed by atoms with Crippen LogP contribution >= 0.6 is 0 Å². The summed E-state index contributed by atoms with van der Waals surface area (Å²) in [6.45, 7) is 19.2. The largest absolute Gasteiger partial charge is 0.253 e. The Kier molecular flexibility index (Phi) is 7.55. The molecule has 11 aromatic rings. The molecule has 0 atom stereocenters. The molecule has 0 spiro atoms. The lowest BCUT2D eigenvalue weighted by atomic mass is 9.79. The van der Waals surface area contributed by atoms with Gasteiger partial charge in [-0.1, -0.05) is 165 Å². The van der Waals surface area contributed by atoms with Crippen molar-refractivity contribution in [3.63, 3.8) is 0 Å². The summed E-state index contributed by atoms with van der Waals surface area (Å²) in [4.78, 5) is 10.5. The minimum absolute atomic E-state index is 0.0612. The van der Waals surface area contributed by atoms with Gasteiger partial charge in [0.05, 0.1) is 11.0 Å². The fourth-order valence-corrected chi connectivity index (χ4v) is 14.1. The zero-order valence-electron chi connectivity index (χ0n) is 41.1. The summed E-state index contributed by atoms with van der Waals surface area (Å²) in [5.74, 6) is 0. The molecule has 4 aliphatic rings. The van der Waals surface area contributed by atoms with E-state index in [0.717, 1.165) is 32.9 Å². The first-order chi connectivity index (χ1) is 33.7. The van der Waals surface area contributed by atoms with Gasteiger partial charge in [-0.2, -0.15) is 0 Å². The van der Waals surface area contributed by atoms with Gasteiger partial charge in [-0.15, -0.1) is 0 Å². The van der Waals surface area contributed by atoms with Crippen LogP contribution in [0.4, 0.5) is 0 Å². The molecule has 0 saturated heterocycles. The minimum Gasteiger partial charge on any atom is -0.253 e. The predicted molar refractivity (Wildman–Crippen MR) is 293 cm³/mol. The second kappa shape index (κ2) is 13.1. The topological polar surface area (TPSA) is 25.8 Å². The molecule has 334 valence electrons. The number of hydrogen-bond acceptors (Lipinski definition) is 2. The van der Waals surface area contributed by atoms with E-state index in [-0.39, 0.29) is 21.7 Å². The molecule has 4 aliphatic carbocycles. The Bertz CT molecular complexity index is 3960. The van der Waals surface area contributed by atoms with Crippen LogP contribution in [0, 0.1) is 0 Å². The van der Waals surface area contributed by atoms with E-state index < -0.39 is 0 Å². The van der Waals surface area contributed by atoms with Crippen molar-refractivity contribution in [1.82, 2.24) is 9.97 Å². The normalized spacial score (nSPS) is 16.5. The Morgan fingerprint density at radius 1 is 0.271 bits per heavy atom. The number of hydrogen-bond donors (Lipinski definition) is 0. The Balaban J connectivity index is 0.837. The second-order valence-electron chi connectivity index (χ2n) is 22.9. The van der Waals surface area contributed by atoms with Gasteiger partial charge >= 0.3 is 0 Å². The number of fused-ring (bicyclic) bond motifs is 19. The maximum Gasteiger partial charge on any atom is 0.0965 e. The molecule has 15 rings (SSSR count).